The highest BCUT2D eigenvalue weighted by Crippen LogP contribution is 2.31. The first-order valence-corrected chi connectivity index (χ1v) is 10.5. The lowest BCUT2D eigenvalue weighted by Gasteiger charge is -2.10. The average molecular weight is 399 g/mol. The van der Waals surface area contributed by atoms with Crippen molar-refractivity contribution in [2.45, 2.75) is 39.5 Å². The summed E-state index contributed by atoms with van der Waals surface area (Å²) in [7, 11) is 0. The van der Waals surface area contributed by atoms with Crippen molar-refractivity contribution >= 4 is 33.5 Å². The highest BCUT2D eigenvalue weighted by molar-refractivity contribution is 6.09. The fourth-order valence-electron chi connectivity index (χ4n) is 3.91. The zero-order valence-corrected chi connectivity index (χ0v) is 17.5. The second-order valence-corrected chi connectivity index (χ2v) is 7.49. The maximum atomic E-state index is 11.2. The Morgan fingerprint density at radius 1 is 0.867 bits per heavy atom. The summed E-state index contributed by atoms with van der Waals surface area (Å²) in [6.07, 6.45) is 4.06. The van der Waals surface area contributed by atoms with Crippen LogP contribution in [0.1, 0.15) is 45.1 Å². The van der Waals surface area contributed by atoms with Crippen LogP contribution in [0.5, 0.6) is 0 Å². The molecule has 152 valence electrons. The summed E-state index contributed by atoms with van der Waals surface area (Å²) >= 11 is 0. The Morgan fingerprint density at radius 3 is 2.03 bits per heavy atom. The van der Waals surface area contributed by atoms with E-state index >= 15 is 0 Å². The fraction of sp³-hybridized carbons (Fsp3) is 0.231. The van der Waals surface area contributed by atoms with Gasteiger partial charge in [0.25, 0.3) is 0 Å². The van der Waals surface area contributed by atoms with Gasteiger partial charge in [0.05, 0.1) is 16.7 Å². The molecule has 1 heterocycles. The number of carbonyl (C=O) groups excluding carboxylic acids is 1. The maximum Gasteiger partial charge on any atom is 0.331 e. The third-order valence-corrected chi connectivity index (χ3v) is 5.34. The highest BCUT2D eigenvalue weighted by atomic mass is 16.7. The van der Waals surface area contributed by atoms with Gasteiger partial charge >= 0.3 is 5.97 Å². The lowest BCUT2D eigenvalue weighted by atomic mass is 10.0. The zero-order valence-electron chi connectivity index (χ0n) is 17.5. The number of hydrogen-bond donors (Lipinski definition) is 0. The number of nitrogens with zero attached hydrogens (tertiary/aromatic N) is 2. The number of rotatable bonds is 7. The van der Waals surface area contributed by atoms with E-state index in [9.17, 15) is 4.79 Å². The number of hydrogen-bond acceptors (Lipinski definition) is 3. The Morgan fingerprint density at radius 2 is 1.47 bits per heavy atom. The maximum absolute atomic E-state index is 11.2. The summed E-state index contributed by atoms with van der Waals surface area (Å²) in [5, 5.41) is 6.61. The van der Waals surface area contributed by atoms with E-state index in [-0.39, 0.29) is 0 Å². The van der Waals surface area contributed by atoms with Crippen molar-refractivity contribution < 1.29 is 9.63 Å². The first-order chi connectivity index (χ1) is 14.7. The third kappa shape index (κ3) is 3.99. The van der Waals surface area contributed by atoms with Gasteiger partial charge in [0.2, 0.25) is 0 Å². The summed E-state index contributed by atoms with van der Waals surface area (Å²) in [4.78, 5) is 16.2. The average Bonchev–Trinajstić information content (AvgIpc) is 3.11. The van der Waals surface area contributed by atoms with Crippen LogP contribution in [-0.4, -0.2) is 16.2 Å². The van der Waals surface area contributed by atoms with Gasteiger partial charge in [-0.3, -0.25) is 0 Å². The van der Waals surface area contributed by atoms with Crippen molar-refractivity contribution in [3.05, 3.63) is 78.4 Å². The van der Waals surface area contributed by atoms with E-state index in [1.165, 1.54) is 28.7 Å². The molecular weight excluding hydrogens is 372 g/mol. The summed E-state index contributed by atoms with van der Waals surface area (Å²) in [5.41, 5.74) is 5.26. The van der Waals surface area contributed by atoms with Crippen LogP contribution >= 0.6 is 0 Å². The first kappa shape index (κ1) is 19.9. The van der Waals surface area contributed by atoms with Gasteiger partial charge in [0.1, 0.15) is 0 Å². The smallest absolute Gasteiger partial charge is 0.318 e. The lowest BCUT2D eigenvalue weighted by Crippen LogP contribution is -2.05. The standard InChI is InChI=1S/C26H26N2O2/c1-3-4-5-12-24(27-30-19(2)29)20-15-17-21(18-16-20)28-25-13-8-6-10-22(25)23-11-7-9-14-26(23)28/h6-11,13-18H,3-5,12H2,1-2H3/b27-24-. The number of aromatic nitrogens is 1. The molecule has 0 bridgehead atoms. The first-order valence-electron chi connectivity index (χ1n) is 10.5. The molecule has 4 heteroatoms. The Kier molecular flexibility index (Phi) is 5.94. The van der Waals surface area contributed by atoms with Crippen LogP contribution in [0.4, 0.5) is 0 Å². The van der Waals surface area contributed by atoms with Crippen molar-refractivity contribution in [3.8, 4) is 5.69 Å². The molecule has 4 rings (SSSR count). The molecule has 4 nitrogen and oxygen atoms in total. The SMILES string of the molecule is CCCCC/C(=N/OC(C)=O)c1ccc(-n2c3ccccc3c3ccccc32)cc1. The fourth-order valence-corrected chi connectivity index (χ4v) is 3.91. The number of carbonyl (C=O) groups is 1. The quantitative estimate of drug-likeness (QED) is 0.152. The molecule has 0 aliphatic rings. The van der Waals surface area contributed by atoms with E-state index in [4.69, 9.17) is 4.84 Å². The van der Waals surface area contributed by atoms with Crippen LogP contribution in [0.2, 0.25) is 0 Å². The molecule has 0 saturated carbocycles. The minimum absolute atomic E-state index is 0.398. The van der Waals surface area contributed by atoms with Crippen molar-refractivity contribution in [1.29, 1.82) is 0 Å². The molecule has 0 radical (unpaired) electrons. The van der Waals surface area contributed by atoms with Crippen LogP contribution < -0.4 is 0 Å². The Labute approximate surface area is 176 Å². The molecule has 0 saturated heterocycles. The van der Waals surface area contributed by atoms with Gasteiger partial charge < -0.3 is 9.40 Å². The van der Waals surface area contributed by atoms with E-state index in [0.717, 1.165) is 42.6 Å². The second kappa shape index (κ2) is 8.95. The van der Waals surface area contributed by atoms with Crippen molar-refractivity contribution in [1.82, 2.24) is 4.57 Å². The molecule has 0 N–H and O–H groups in total. The van der Waals surface area contributed by atoms with Crippen LogP contribution in [0.15, 0.2) is 78.0 Å². The molecule has 0 amide bonds. The number of oxime groups is 1. The molecule has 0 spiro atoms. The van der Waals surface area contributed by atoms with Crippen molar-refractivity contribution in [3.63, 3.8) is 0 Å². The van der Waals surface area contributed by atoms with Crippen molar-refractivity contribution in [2.75, 3.05) is 0 Å². The van der Waals surface area contributed by atoms with E-state index in [1.54, 1.807) is 0 Å². The zero-order chi connectivity index (χ0) is 20.9. The highest BCUT2D eigenvalue weighted by Gasteiger charge is 2.12. The summed E-state index contributed by atoms with van der Waals surface area (Å²) in [6.45, 7) is 3.54. The predicted octanol–water partition coefficient (Wildman–Crippen LogP) is 6.63. The summed E-state index contributed by atoms with van der Waals surface area (Å²) < 4.78 is 2.29. The molecular formula is C26H26N2O2. The largest absolute Gasteiger partial charge is 0.331 e. The number of benzene rings is 3. The minimum atomic E-state index is -0.398. The van der Waals surface area contributed by atoms with Crippen LogP contribution in [0.3, 0.4) is 0 Å². The van der Waals surface area contributed by atoms with Gasteiger partial charge in [-0.25, -0.2) is 4.79 Å². The van der Waals surface area contributed by atoms with Crippen LogP contribution in [-0.2, 0) is 9.63 Å². The van der Waals surface area contributed by atoms with Gasteiger partial charge in [-0.2, -0.15) is 0 Å². The summed E-state index contributed by atoms with van der Waals surface area (Å²) in [6, 6.07) is 25.3. The summed E-state index contributed by atoms with van der Waals surface area (Å²) in [5.74, 6) is -0.398. The number of para-hydroxylation sites is 2. The molecule has 4 aromatic rings. The molecule has 30 heavy (non-hydrogen) atoms. The predicted molar refractivity (Wildman–Crippen MR) is 123 cm³/mol. The topological polar surface area (TPSA) is 43.6 Å². The van der Waals surface area contributed by atoms with Gasteiger partial charge in [0.15, 0.2) is 0 Å². The van der Waals surface area contributed by atoms with E-state index in [0.29, 0.717) is 0 Å². The van der Waals surface area contributed by atoms with Gasteiger partial charge in [-0.15, -0.1) is 0 Å². The Hall–Kier alpha value is -3.40. The molecule has 0 fully saturated rings. The van der Waals surface area contributed by atoms with E-state index in [1.807, 2.05) is 0 Å². The molecule has 0 unspecified atom stereocenters. The third-order valence-electron chi connectivity index (χ3n) is 5.34. The molecule has 0 aliphatic carbocycles. The van der Waals surface area contributed by atoms with Crippen molar-refractivity contribution in [2.24, 2.45) is 5.16 Å². The van der Waals surface area contributed by atoms with Crippen LogP contribution in [0, 0.1) is 0 Å². The second-order valence-electron chi connectivity index (χ2n) is 7.49. The monoisotopic (exact) mass is 398 g/mol. The number of unbranched alkanes of at least 4 members (excludes halogenated alkanes) is 2. The molecule has 1 aromatic heterocycles. The minimum Gasteiger partial charge on any atom is -0.318 e. The van der Waals surface area contributed by atoms with Gasteiger partial charge in [0, 0.05) is 23.4 Å². The van der Waals surface area contributed by atoms with Gasteiger partial charge in [-0.05, 0) is 42.7 Å². The van der Waals surface area contributed by atoms with Gasteiger partial charge in [-0.1, -0.05) is 73.5 Å². The van der Waals surface area contributed by atoms with Crippen LogP contribution in [0.25, 0.3) is 27.5 Å². The molecule has 0 aliphatic heterocycles. The Balaban J connectivity index is 1.74. The lowest BCUT2D eigenvalue weighted by molar-refractivity contribution is -0.140. The number of fused-ring (bicyclic) bond motifs is 3. The van der Waals surface area contributed by atoms with E-state index in [2.05, 4.69) is 89.4 Å². The Bertz CT molecular complexity index is 1150. The van der Waals surface area contributed by atoms with E-state index < -0.39 is 5.97 Å². The molecule has 3 aromatic carbocycles. The molecule has 0 atom stereocenters. The normalized spacial score (nSPS) is 11.9.